The van der Waals surface area contributed by atoms with Crippen LogP contribution in [0.15, 0.2) is 18.2 Å². The normalized spacial score (nSPS) is 16.3. The van der Waals surface area contributed by atoms with Crippen LogP contribution in [-0.2, 0) is 4.79 Å². The number of hydrogen-bond donors (Lipinski definition) is 0. The summed E-state index contributed by atoms with van der Waals surface area (Å²) >= 11 is 1.77. The highest BCUT2D eigenvalue weighted by Gasteiger charge is 2.27. The largest absolute Gasteiger partial charge is 0.349 e. The Morgan fingerprint density at radius 3 is 2.61 bits per heavy atom. The molecule has 0 N–H and O–H groups in total. The molecule has 2 aromatic rings. The average Bonchev–Trinajstić information content (AvgIpc) is 2.97. The molecule has 1 aliphatic rings. The van der Waals surface area contributed by atoms with Gasteiger partial charge in [0.1, 0.15) is 0 Å². The second kappa shape index (κ2) is 6.48. The fraction of sp³-hybridized carbons (Fsp3) is 0.556. The molecule has 0 bridgehead atoms. The van der Waals surface area contributed by atoms with Crippen molar-refractivity contribution in [1.82, 2.24) is 9.88 Å². The Balaban J connectivity index is 1.78. The lowest BCUT2D eigenvalue weighted by molar-refractivity contribution is -0.133. The molecular weight excluding hydrogens is 306 g/mol. The number of aromatic nitrogens is 1. The summed E-state index contributed by atoms with van der Waals surface area (Å²) < 4.78 is 1.26. The molecule has 1 fully saturated rings. The van der Waals surface area contributed by atoms with Crippen LogP contribution in [0.4, 0.5) is 5.13 Å². The minimum Gasteiger partial charge on any atom is -0.349 e. The van der Waals surface area contributed by atoms with Crippen LogP contribution < -0.4 is 4.90 Å². The fourth-order valence-electron chi connectivity index (χ4n) is 3.24. The molecule has 1 aliphatic heterocycles. The van der Waals surface area contributed by atoms with Gasteiger partial charge in [0.2, 0.25) is 5.91 Å². The summed E-state index contributed by atoms with van der Waals surface area (Å²) in [5.41, 5.74) is 2.47. The lowest BCUT2D eigenvalue weighted by Gasteiger charge is -2.32. The van der Waals surface area contributed by atoms with E-state index in [1.54, 1.807) is 16.2 Å². The first kappa shape index (κ1) is 16.2. The van der Waals surface area contributed by atoms with Gasteiger partial charge in [0.05, 0.1) is 10.2 Å². The van der Waals surface area contributed by atoms with Crippen molar-refractivity contribution in [2.24, 2.45) is 5.92 Å². The molecule has 0 unspecified atom stereocenters. The standard InChI is InChI=1S/C18H25N3OS/c1-12(2)14-6-5-7-15-16(14)19-18(23-15)21-10-8-13(9-11-21)17(22)20(3)4/h5-7,12-13H,8-11H2,1-4H3. The molecule has 1 aromatic carbocycles. The number of piperidine rings is 1. The van der Waals surface area contributed by atoms with E-state index in [4.69, 9.17) is 4.98 Å². The maximum absolute atomic E-state index is 12.1. The smallest absolute Gasteiger partial charge is 0.225 e. The van der Waals surface area contributed by atoms with Crippen molar-refractivity contribution >= 4 is 32.6 Å². The van der Waals surface area contributed by atoms with E-state index in [1.165, 1.54) is 10.3 Å². The van der Waals surface area contributed by atoms with E-state index in [9.17, 15) is 4.79 Å². The quantitative estimate of drug-likeness (QED) is 0.860. The van der Waals surface area contributed by atoms with Crippen LogP contribution in [0.5, 0.6) is 0 Å². The first-order valence-electron chi connectivity index (χ1n) is 8.33. The van der Waals surface area contributed by atoms with Crippen molar-refractivity contribution in [2.75, 3.05) is 32.1 Å². The molecule has 23 heavy (non-hydrogen) atoms. The molecule has 4 nitrogen and oxygen atoms in total. The predicted molar refractivity (Wildman–Crippen MR) is 97.3 cm³/mol. The lowest BCUT2D eigenvalue weighted by atomic mass is 9.96. The van der Waals surface area contributed by atoms with Gasteiger partial charge in [-0.25, -0.2) is 4.98 Å². The van der Waals surface area contributed by atoms with E-state index in [0.717, 1.165) is 36.6 Å². The third-order valence-electron chi connectivity index (χ3n) is 4.62. The molecule has 1 aromatic heterocycles. The van der Waals surface area contributed by atoms with E-state index in [0.29, 0.717) is 5.92 Å². The van der Waals surface area contributed by atoms with Crippen LogP contribution in [0.1, 0.15) is 38.2 Å². The molecule has 0 saturated carbocycles. The molecule has 2 heterocycles. The maximum atomic E-state index is 12.1. The van der Waals surface area contributed by atoms with Gasteiger partial charge < -0.3 is 9.80 Å². The summed E-state index contributed by atoms with van der Waals surface area (Å²) in [5, 5.41) is 1.10. The molecule has 0 spiro atoms. The average molecular weight is 331 g/mol. The molecule has 5 heteroatoms. The van der Waals surface area contributed by atoms with Gasteiger partial charge in [-0.1, -0.05) is 37.3 Å². The highest BCUT2D eigenvalue weighted by atomic mass is 32.1. The first-order valence-corrected chi connectivity index (χ1v) is 9.14. The Morgan fingerprint density at radius 1 is 1.30 bits per heavy atom. The molecular formula is C18H25N3OS. The van der Waals surface area contributed by atoms with E-state index in [1.807, 2.05) is 14.1 Å². The van der Waals surface area contributed by atoms with Crippen molar-refractivity contribution in [3.63, 3.8) is 0 Å². The molecule has 3 rings (SSSR count). The minimum absolute atomic E-state index is 0.168. The summed E-state index contributed by atoms with van der Waals surface area (Å²) in [6.45, 7) is 6.26. The summed E-state index contributed by atoms with van der Waals surface area (Å²) in [5.74, 6) is 0.912. The topological polar surface area (TPSA) is 36.4 Å². The minimum atomic E-state index is 0.168. The van der Waals surface area contributed by atoms with E-state index >= 15 is 0 Å². The van der Waals surface area contributed by atoms with Crippen LogP contribution in [-0.4, -0.2) is 43.0 Å². The second-order valence-corrected chi connectivity index (χ2v) is 7.85. The van der Waals surface area contributed by atoms with Gasteiger partial charge in [-0.2, -0.15) is 0 Å². The Morgan fingerprint density at radius 2 is 2.00 bits per heavy atom. The van der Waals surface area contributed by atoms with Gasteiger partial charge in [-0.3, -0.25) is 4.79 Å². The Labute approximate surface area is 142 Å². The van der Waals surface area contributed by atoms with Crippen LogP contribution in [0, 0.1) is 5.92 Å². The number of anilines is 1. The summed E-state index contributed by atoms with van der Waals surface area (Å²) in [4.78, 5) is 21.1. The van der Waals surface area contributed by atoms with Gasteiger partial charge in [-0.05, 0) is 30.4 Å². The zero-order valence-corrected chi connectivity index (χ0v) is 15.2. The van der Waals surface area contributed by atoms with Crippen molar-refractivity contribution < 1.29 is 4.79 Å². The van der Waals surface area contributed by atoms with Gasteiger partial charge in [0.15, 0.2) is 5.13 Å². The van der Waals surface area contributed by atoms with Crippen LogP contribution in [0.25, 0.3) is 10.2 Å². The lowest BCUT2D eigenvalue weighted by Crippen LogP contribution is -2.40. The monoisotopic (exact) mass is 331 g/mol. The Bertz CT molecular complexity index is 699. The number of benzene rings is 1. The molecule has 124 valence electrons. The third-order valence-corrected chi connectivity index (χ3v) is 5.70. The molecule has 0 atom stereocenters. The number of hydrogen-bond acceptors (Lipinski definition) is 4. The van der Waals surface area contributed by atoms with Crippen LogP contribution in [0.3, 0.4) is 0 Å². The number of amides is 1. The van der Waals surface area contributed by atoms with E-state index in [2.05, 4.69) is 36.9 Å². The summed E-state index contributed by atoms with van der Waals surface area (Å²) in [6.07, 6.45) is 1.84. The summed E-state index contributed by atoms with van der Waals surface area (Å²) in [6, 6.07) is 6.46. The number of nitrogens with zero attached hydrogens (tertiary/aromatic N) is 3. The maximum Gasteiger partial charge on any atom is 0.225 e. The third kappa shape index (κ3) is 3.20. The van der Waals surface area contributed by atoms with Crippen LogP contribution >= 0.6 is 11.3 Å². The number of carbonyl (C=O) groups excluding carboxylic acids is 1. The van der Waals surface area contributed by atoms with Gasteiger partial charge >= 0.3 is 0 Å². The first-order chi connectivity index (χ1) is 11.0. The van der Waals surface area contributed by atoms with E-state index < -0.39 is 0 Å². The van der Waals surface area contributed by atoms with Crippen molar-refractivity contribution in [3.8, 4) is 0 Å². The Kier molecular flexibility index (Phi) is 4.57. The zero-order chi connectivity index (χ0) is 16.6. The second-order valence-electron chi connectivity index (χ2n) is 6.84. The molecule has 1 amide bonds. The van der Waals surface area contributed by atoms with Gasteiger partial charge in [0.25, 0.3) is 0 Å². The van der Waals surface area contributed by atoms with Crippen LogP contribution in [0.2, 0.25) is 0 Å². The number of thiazole rings is 1. The fourth-order valence-corrected chi connectivity index (χ4v) is 4.29. The highest BCUT2D eigenvalue weighted by molar-refractivity contribution is 7.22. The van der Waals surface area contributed by atoms with Crippen molar-refractivity contribution in [2.45, 2.75) is 32.6 Å². The number of rotatable bonds is 3. The molecule has 0 aliphatic carbocycles. The summed E-state index contributed by atoms with van der Waals surface area (Å²) in [7, 11) is 3.69. The van der Waals surface area contributed by atoms with E-state index in [-0.39, 0.29) is 11.8 Å². The van der Waals surface area contributed by atoms with Crippen molar-refractivity contribution in [3.05, 3.63) is 23.8 Å². The Hall–Kier alpha value is -1.62. The highest BCUT2D eigenvalue weighted by Crippen LogP contribution is 2.35. The zero-order valence-electron chi connectivity index (χ0n) is 14.4. The van der Waals surface area contributed by atoms with Gasteiger partial charge in [-0.15, -0.1) is 0 Å². The number of para-hydroxylation sites is 1. The number of fused-ring (bicyclic) bond motifs is 1. The molecule has 0 radical (unpaired) electrons. The predicted octanol–water partition coefficient (Wildman–Crippen LogP) is 3.72. The van der Waals surface area contributed by atoms with Crippen molar-refractivity contribution in [1.29, 1.82) is 0 Å². The molecule has 1 saturated heterocycles. The number of carbonyl (C=O) groups is 1. The van der Waals surface area contributed by atoms with Gasteiger partial charge in [0, 0.05) is 33.1 Å². The SMILES string of the molecule is CC(C)c1cccc2sc(N3CCC(C(=O)N(C)C)CC3)nc12.